The summed E-state index contributed by atoms with van der Waals surface area (Å²) in [5.74, 6) is 0.643. The summed E-state index contributed by atoms with van der Waals surface area (Å²) in [7, 11) is 0. The Kier molecular flexibility index (Phi) is 2.52. The number of fused-ring (bicyclic) bond motifs is 3. The first-order valence-electron chi connectivity index (χ1n) is 6.78. The van der Waals surface area contributed by atoms with E-state index in [4.69, 9.17) is 4.42 Å². The number of nitrogens with zero attached hydrogens (tertiary/aromatic N) is 1. The minimum Gasteiger partial charge on any atom is -0.454 e. The normalized spacial score (nSPS) is 10.8. The largest absolute Gasteiger partial charge is 0.454 e. The van der Waals surface area contributed by atoms with Crippen LogP contribution in [0.25, 0.3) is 33.1 Å². The molecule has 0 radical (unpaired) electrons. The summed E-state index contributed by atoms with van der Waals surface area (Å²) in [5.41, 5.74) is 2.31. The van der Waals surface area contributed by atoms with E-state index in [0.717, 1.165) is 27.3 Å². The van der Waals surface area contributed by atoms with Crippen molar-refractivity contribution in [1.29, 1.82) is 5.26 Å². The molecule has 21 heavy (non-hydrogen) atoms. The van der Waals surface area contributed by atoms with E-state index in [0.29, 0.717) is 11.3 Å². The highest BCUT2D eigenvalue weighted by atomic mass is 16.3. The molecule has 0 spiro atoms. The summed E-state index contributed by atoms with van der Waals surface area (Å²) in [6.45, 7) is 0. The first kappa shape index (κ1) is 11.7. The second kappa shape index (κ2) is 4.50. The zero-order valence-corrected chi connectivity index (χ0v) is 11.2. The van der Waals surface area contributed by atoms with E-state index in [1.807, 2.05) is 66.7 Å². The highest BCUT2D eigenvalue weighted by molar-refractivity contribution is 6.07. The molecule has 0 bridgehead atoms. The van der Waals surface area contributed by atoms with Crippen LogP contribution in [0.5, 0.6) is 0 Å². The fourth-order valence-corrected chi connectivity index (χ4v) is 2.73. The Morgan fingerprint density at radius 1 is 0.762 bits per heavy atom. The zero-order valence-electron chi connectivity index (χ0n) is 11.2. The van der Waals surface area contributed by atoms with Crippen molar-refractivity contribution in [2.24, 2.45) is 0 Å². The van der Waals surface area contributed by atoms with Crippen LogP contribution in [0, 0.1) is 11.3 Å². The van der Waals surface area contributed by atoms with Crippen LogP contribution >= 0.6 is 0 Å². The number of nitriles is 1. The molecule has 0 N–H and O–H groups in total. The number of hydrogen-bond donors (Lipinski definition) is 0. The van der Waals surface area contributed by atoms with Gasteiger partial charge in [-0.25, -0.2) is 0 Å². The molecule has 4 aromatic rings. The van der Waals surface area contributed by atoms with Crippen molar-refractivity contribution in [3.63, 3.8) is 0 Å². The maximum absolute atomic E-state index is 9.53. The molecule has 0 atom stereocenters. The van der Waals surface area contributed by atoms with Gasteiger partial charge in [-0.05, 0) is 11.5 Å². The lowest BCUT2D eigenvalue weighted by Crippen LogP contribution is -1.78. The summed E-state index contributed by atoms with van der Waals surface area (Å²) in [6, 6.07) is 24.1. The summed E-state index contributed by atoms with van der Waals surface area (Å²) in [6.07, 6.45) is 0. The van der Waals surface area contributed by atoms with Crippen molar-refractivity contribution in [2.45, 2.75) is 0 Å². The zero-order chi connectivity index (χ0) is 14.2. The number of furan rings is 1. The maximum Gasteiger partial charge on any atom is 0.153 e. The summed E-state index contributed by atoms with van der Waals surface area (Å²) < 4.78 is 6.07. The smallest absolute Gasteiger partial charge is 0.153 e. The van der Waals surface area contributed by atoms with Gasteiger partial charge >= 0.3 is 0 Å². The first-order chi connectivity index (χ1) is 10.4. The van der Waals surface area contributed by atoms with Crippen molar-refractivity contribution in [3.8, 4) is 17.4 Å². The Bertz CT molecular complexity index is 991. The Labute approximate surface area is 121 Å². The van der Waals surface area contributed by atoms with Gasteiger partial charge in [0.05, 0.1) is 0 Å². The second-order valence-electron chi connectivity index (χ2n) is 4.95. The van der Waals surface area contributed by atoms with Crippen molar-refractivity contribution < 1.29 is 4.42 Å². The van der Waals surface area contributed by atoms with Crippen LogP contribution in [0.2, 0.25) is 0 Å². The van der Waals surface area contributed by atoms with Crippen LogP contribution < -0.4 is 0 Å². The SMILES string of the molecule is N#Cc1c(-c2ccccc2)oc2c1ccc1ccccc12. The topological polar surface area (TPSA) is 36.9 Å². The highest BCUT2D eigenvalue weighted by Crippen LogP contribution is 2.36. The van der Waals surface area contributed by atoms with Gasteiger partial charge in [0.25, 0.3) is 0 Å². The van der Waals surface area contributed by atoms with E-state index < -0.39 is 0 Å². The molecule has 1 heterocycles. The third-order valence-corrected chi connectivity index (χ3v) is 3.73. The van der Waals surface area contributed by atoms with E-state index in [2.05, 4.69) is 6.07 Å². The van der Waals surface area contributed by atoms with Crippen LogP contribution in [-0.2, 0) is 0 Å². The molecule has 3 aromatic carbocycles. The molecule has 98 valence electrons. The second-order valence-corrected chi connectivity index (χ2v) is 4.95. The summed E-state index contributed by atoms with van der Waals surface area (Å²) >= 11 is 0. The number of benzene rings is 3. The molecular weight excluding hydrogens is 258 g/mol. The van der Waals surface area contributed by atoms with Crippen molar-refractivity contribution >= 4 is 21.7 Å². The Morgan fingerprint density at radius 3 is 2.33 bits per heavy atom. The van der Waals surface area contributed by atoms with Gasteiger partial charge in [-0.1, -0.05) is 60.7 Å². The van der Waals surface area contributed by atoms with E-state index in [-0.39, 0.29) is 0 Å². The minimum absolute atomic E-state index is 0.599. The number of rotatable bonds is 1. The van der Waals surface area contributed by atoms with Gasteiger partial charge in [0, 0.05) is 16.3 Å². The van der Waals surface area contributed by atoms with E-state index in [1.54, 1.807) is 0 Å². The predicted molar refractivity (Wildman–Crippen MR) is 83.9 cm³/mol. The molecule has 0 unspecified atom stereocenters. The Balaban J connectivity index is 2.14. The fraction of sp³-hybridized carbons (Fsp3) is 0. The van der Waals surface area contributed by atoms with Gasteiger partial charge in [-0.15, -0.1) is 0 Å². The minimum atomic E-state index is 0.599. The van der Waals surface area contributed by atoms with Gasteiger partial charge in [-0.2, -0.15) is 5.26 Å². The van der Waals surface area contributed by atoms with Crippen LogP contribution in [0.3, 0.4) is 0 Å². The van der Waals surface area contributed by atoms with Gasteiger partial charge in [0.15, 0.2) is 5.76 Å². The van der Waals surface area contributed by atoms with Crippen molar-refractivity contribution in [1.82, 2.24) is 0 Å². The molecule has 0 saturated carbocycles. The number of hydrogen-bond acceptors (Lipinski definition) is 2. The van der Waals surface area contributed by atoms with Gasteiger partial charge < -0.3 is 4.42 Å². The van der Waals surface area contributed by atoms with E-state index in [9.17, 15) is 5.26 Å². The van der Waals surface area contributed by atoms with E-state index in [1.165, 1.54) is 0 Å². The summed E-state index contributed by atoms with van der Waals surface area (Å²) in [4.78, 5) is 0. The quantitative estimate of drug-likeness (QED) is 0.480. The lowest BCUT2D eigenvalue weighted by molar-refractivity contribution is 0.634. The Hall–Kier alpha value is -3.05. The Morgan fingerprint density at radius 2 is 1.52 bits per heavy atom. The molecule has 2 heteroatoms. The highest BCUT2D eigenvalue weighted by Gasteiger charge is 2.17. The van der Waals surface area contributed by atoms with Crippen molar-refractivity contribution in [2.75, 3.05) is 0 Å². The maximum atomic E-state index is 9.53. The molecule has 0 amide bonds. The van der Waals surface area contributed by atoms with Crippen LogP contribution in [0.15, 0.2) is 71.1 Å². The molecule has 0 aliphatic heterocycles. The molecule has 0 fully saturated rings. The molecule has 2 nitrogen and oxygen atoms in total. The molecule has 1 aromatic heterocycles. The van der Waals surface area contributed by atoms with Gasteiger partial charge in [-0.3, -0.25) is 0 Å². The molecule has 4 rings (SSSR count). The van der Waals surface area contributed by atoms with Crippen LogP contribution in [0.4, 0.5) is 0 Å². The monoisotopic (exact) mass is 269 g/mol. The lowest BCUT2D eigenvalue weighted by atomic mass is 10.0. The standard InChI is InChI=1S/C19H11NO/c20-12-17-16-11-10-13-6-4-5-9-15(13)19(16)21-18(17)14-7-2-1-3-8-14/h1-11H. The predicted octanol–water partition coefficient (Wildman–Crippen LogP) is 5.12. The van der Waals surface area contributed by atoms with Crippen LogP contribution in [0.1, 0.15) is 5.56 Å². The average molecular weight is 269 g/mol. The summed E-state index contributed by atoms with van der Waals surface area (Å²) in [5, 5.41) is 12.5. The van der Waals surface area contributed by atoms with Crippen molar-refractivity contribution in [3.05, 3.63) is 72.3 Å². The fourth-order valence-electron chi connectivity index (χ4n) is 2.73. The molecule has 0 aliphatic carbocycles. The lowest BCUT2D eigenvalue weighted by Gasteiger charge is -1.97. The first-order valence-corrected chi connectivity index (χ1v) is 6.78. The molecular formula is C19H11NO. The van der Waals surface area contributed by atoms with E-state index >= 15 is 0 Å². The third kappa shape index (κ3) is 1.72. The molecule has 0 aliphatic rings. The molecule has 0 saturated heterocycles. The third-order valence-electron chi connectivity index (χ3n) is 3.73. The average Bonchev–Trinajstić information content (AvgIpc) is 2.94. The van der Waals surface area contributed by atoms with Gasteiger partial charge in [0.2, 0.25) is 0 Å². The van der Waals surface area contributed by atoms with Gasteiger partial charge in [0.1, 0.15) is 17.2 Å². The van der Waals surface area contributed by atoms with Crippen LogP contribution in [-0.4, -0.2) is 0 Å².